The molecule has 0 aliphatic carbocycles. The lowest BCUT2D eigenvalue weighted by molar-refractivity contribution is 0.739. The van der Waals surface area contributed by atoms with Crippen molar-refractivity contribution in [2.24, 2.45) is 0 Å². The molecule has 3 rings (SSSR count). The Morgan fingerprint density at radius 2 is 1.90 bits per heavy atom. The van der Waals surface area contributed by atoms with Crippen molar-refractivity contribution in [1.82, 2.24) is 9.55 Å². The van der Waals surface area contributed by atoms with E-state index in [4.69, 9.17) is 23.2 Å². The zero-order valence-corrected chi connectivity index (χ0v) is 13.5. The Hall–Kier alpha value is -1.51. The Morgan fingerprint density at radius 1 is 1.14 bits per heavy atom. The van der Waals surface area contributed by atoms with Crippen LogP contribution < -0.4 is 0 Å². The van der Waals surface area contributed by atoms with Crippen LogP contribution >= 0.6 is 23.2 Å². The van der Waals surface area contributed by atoms with Gasteiger partial charge < -0.3 is 4.57 Å². The van der Waals surface area contributed by atoms with Crippen molar-refractivity contribution in [2.75, 3.05) is 0 Å². The number of aromatic nitrogens is 2. The molecule has 0 saturated heterocycles. The molecule has 0 amide bonds. The minimum atomic E-state index is -0.169. The third-order valence-electron chi connectivity index (χ3n) is 3.69. The van der Waals surface area contributed by atoms with Crippen molar-refractivity contribution in [1.29, 1.82) is 0 Å². The fourth-order valence-electron chi connectivity index (χ4n) is 2.58. The van der Waals surface area contributed by atoms with E-state index in [0.717, 1.165) is 23.4 Å². The summed E-state index contributed by atoms with van der Waals surface area (Å²) in [6.45, 7) is 4.77. The summed E-state index contributed by atoms with van der Waals surface area (Å²) >= 11 is 12.7. The number of hydrogen-bond donors (Lipinski definition) is 0. The standard InChI is InChI=1S/C17H16Cl2N2/c1-11-6-3-4-7-13(11)10-21-16-14(19)8-5-9-15(16)20-17(21)12(2)18/h3-9,12H,10H2,1-2H3. The van der Waals surface area contributed by atoms with Gasteiger partial charge in [-0.1, -0.05) is 41.9 Å². The zero-order valence-electron chi connectivity index (χ0n) is 12.0. The summed E-state index contributed by atoms with van der Waals surface area (Å²) in [6.07, 6.45) is 0. The maximum Gasteiger partial charge on any atom is 0.128 e. The molecule has 1 atom stereocenters. The van der Waals surface area contributed by atoms with E-state index in [1.807, 2.05) is 37.3 Å². The average molecular weight is 319 g/mol. The summed E-state index contributed by atoms with van der Waals surface area (Å²) in [5, 5.41) is 0.537. The highest BCUT2D eigenvalue weighted by Gasteiger charge is 2.17. The van der Waals surface area contributed by atoms with Gasteiger partial charge in [0.1, 0.15) is 5.82 Å². The molecule has 0 bridgehead atoms. The molecule has 1 aromatic heterocycles. The Bertz CT molecular complexity index is 791. The fourth-order valence-corrected chi connectivity index (χ4v) is 3.02. The van der Waals surface area contributed by atoms with Gasteiger partial charge in [-0.25, -0.2) is 4.98 Å². The van der Waals surface area contributed by atoms with Crippen molar-refractivity contribution in [3.63, 3.8) is 0 Å². The van der Waals surface area contributed by atoms with Gasteiger partial charge in [0, 0.05) is 6.54 Å². The summed E-state index contributed by atoms with van der Waals surface area (Å²) in [5.74, 6) is 0.850. The first kappa shape index (κ1) is 14.4. The number of nitrogens with zero attached hydrogens (tertiary/aromatic N) is 2. The van der Waals surface area contributed by atoms with Gasteiger partial charge >= 0.3 is 0 Å². The van der Waals surface area contributed by atoms with Crippen LogP contribution in [0, 0.1) is 6.92 Å². The molecule has 0 spiro atoms. The number of rotatable bonds is 3. The van der Waals surface area contributed by atoms with Crippen molar-refractivity contribution >= 4 is 34.2 Å². The second-order valence-electron chi connectivity index (χ2n) is 5.21. The van der Waals surface area contributed by atoms with Crippen molar-refractivity contribution in [3.8, 4) is 0 Å². The molecule has 108 valence electrons. The SMILES string of the molecule is Cc1ccccc1Cn1c(C(C)Cl)nc2cccc(Cl)c21. The van der Waals surface area contributed by atoms with E-state index in [1.54, 1.807) is 0 Å². The van der Waals surface area contributed by atoms with E-state index < -0.39 is 0 Å². The lowest BCUT2D eigenvalue weighted by Gasteiger charge is -2.13. The summed E-state index contributed by atoms with van der Waals surface area (Å²) in [6, 6.07) is 14.1. The van der Waals surface area contributed by atoms with E-state index in [0.29, 0.717) is 5.02 Å². The molecule has 1 heterocycles. The van der Waals surface area contributed by atoms with Gasteiger partial charge in [0.05, 0.1) is 21.4 Å². The van der Waals surface area contributed by atoms with Crippen LogP contribution in [0.25, 0.3) is 11.0 Å². The van der Waals surface area contributed by atoms with E-state index in [-0.39, 0.29) is 5.38 Å². The molecule has 0 aliphatic rings. The smallest absolute Gasteiger partial charge is 0.128 e. The van der Waals surface area contributed by atoms with E-state index in [9.17, 15) is 0 Å². The molecule has 2 nitrogen and oxygen atoms in total. The van der Waals surface area contributed by atoms with Gasteiger partial charge in [0.25, 0.3) is 0 Å². The second kappa shape index (κ2) is 5.70. The molecule has 0 N–H and O–H groups in total. The molecule has 4 heteroatoms. The van der Waals surface area contributed by atoms with Crippen LogP contribution in [0.1, 0.15) is 29.3 Å². The first-order valence-electron chi connectivity index (χ1n) is 6.91. The van der Waals surface area contributed by atoms with Crippen molar-refractivity contribution in [2.45, 2.75) is 25.8 Å². The van der Waals surface area contributed by atoms with E-state index in [2.05, 4.69) is 28.6 Å². The Kier molecular flexibility index (Phi) is 3.92. The van der Waals surface area contributed by atoms with E-state index >= 15 is 0 Å². The monoisotopic (exact) mass is 318 g/mol. The van der Waals surface area contributed by atoms with Gasteiger partial charge in [0.15, 0.2) is 0 Å². The summed E-state index contributed by atoms with van der Waals surface area (Å²) < 4.78 is 2.12. The van der Waals surface area contributed by atoms with Crippen LogP contribution in [0.4, 0.5) is 0 Å². The normalized spacial score (nSPS) is 12.8. The number of fused-ring (bicyclic) bond motifs is 1. The summed E-state index contributed by atoms with van der Waals surface area (Å²) in [7, 11) is 0. The molecule has 0 fully saturated rings. The Labute approximate surface area is 134 Å². The van der Waals surface area contributed by atoms with Gasteiger partial charge in [-0.3, -0.25) is 0 Å². The van der Waals surface area contributed by atoms with Gasteiger partial charge in [-0.2, -0.15) is 0 Å². The topological polar surface area (TPSA) is 17.8 Å². The first-order valence-corrected chi connectivity index (χ1v) is 7.72. The molecule has 3 aromatic rings. The minimum Gasteiger partial charge on any atom is -0.321 e. The highest BCUT2D eigenvalue weighted by Crippen LogP contribution is 2.30. The number of hydrogen-bond acceptors (Lipinski definition) is 1. The number of benzene rings is 2. The number of aryl methyl sites for hydroxylation is 1. The largest absolute Gasteiger partial charge is 0.321 e. The van der Waals surface area contributed by atoms with Gasteiger partial charge in [-0.15, -0.1) is 11.6 Å². The molecule has 0 radical (unpaired) electrons. The molecular formula is C17H16Cl2N2. The lowest BCUT2D eigenvalue weighted by Crippen LogP contribution is -2.07. The van der Waals surface area contributed by atoms with Crippen LogP contribution in [-0.2, 0) is 6.54 Å². The third kappa shape index (κ3) is 2.66. The van der Waals surface area contributed by atoms with Crippen LogP contribution in [-0.4, -0.2) is 9.55 Å². The predicted octanol–water partition coefficient (Wildman–Crippen LogP) is 5.35. The van der Waals surface area contributed by atoms with Crippen LogP contribution in [0.15, 0.2) is 42.5 Å². The van der Waals surface area contributed by atoms with Crippen LogP contribution in [0.2, 0.25) is 5.02 Å². The van der Waals surface area contributed by atoms with Crippen LogP contribution in [0.5, 0.6) is 0 Å². The highest BCUT2D eigenvalue weighted by molar-refractivity contribution is 6.35. The molecule has 21 heavy (non-hydrogen) atoms. The highest BCUT2D eigenvalue weighted by atomic mass is 35.5. The lowest BCUT2D eigenvalue weighted by atomic mass is 10.1. The Morgan fingerprint density at radius 3 is 2.62 bits per heavy atom. The first-order chi connectivity index (χ1) is 10.1. The molecular weight excluding hydrogens is 303 g/mol. The maximum atomic E-state index is 6.38. The second-order valence-corrected chi connectivity index (χ2v) is 6.27. The molecule has 1 unspecified atom stereocenters. The molecule has 2 aromatic carbocycles. The summed E-state index contributed by atoms with van der Waals surface area (Å²) in [5.41, 5.74) is 4.33. The van der Waals surface area contributed by atoms with E-state index in [1.165, 1.54) is 11.1 Å². The summed E-state index contributed by atoms with van der Waals surface area (Å²) in [4.78, 5) is 4.65. The number of halogens is 2. The fraction of sp³-hybridized carbons (Fsp3) is 0.235. The average Bonchev–Trinajstić information content (AvgIpc) is 2.82. The predicted molar refractivity (Wildman–Crippen MR) is 89.3 cm³/mol. The maximum absolute atomic E-state index is 6.38. The molecule has 0 saturated carbocycles. The Balaban J connectivity index is 2.20. The van der Waals surface area contributed by atoms with Gasteiger partial charge in [0.2, 0.25) is 0 Å². The van der Waals surface area contributed by atoms with Crippen LogP contribution in [0.3, 0.4) is 0 Å². The number of imidazole rings is 1. The number of alkyl halides is 1. The van der Waals surface area contributed by atoms with Crippen molar-refractivity contribution < 1.29 is 0 Å². The zero-order chi connectivity index (χ0) is 15.0. The van der Waals surface area contributed by atoms with Crippen molar-refractivity contribution in [3.05, 3.63) is 64.4 Å². The quantitative estimate of drug-likeness (QED) is 0.595. The third-order valence-corrected chi connectivity index (χ3v) is 4.19. The number of para-hydroxylation sites is 1. The van der Waals surface area contributed by atoms with Gasteiger partial charge in [-0.05, 0) is 37.1 Å². The minimum absolute atomic E-state index is 0.169. The molecule has 0 aliphatic heterocycles.